The maximum atomic E-state index is 11.7. The number of nitrogens with two attached hydrogens (primary N) is 1. The molecule has 0 bridgehead atoms. The zero-order chi connectivity index (χ0) is 11.8. The van der Waals surface area contributed by atoms with Crippen LogP contribution < -0.4 is 11.3 Å². The number of rotatable bonds is 2. The van der Waals surface area contributed by atoms with E-state index in [1.54, 1.807) is 18.3 Å². The molecule has 0 aliphatic heterocycles. The third-order valence-electron chi connectivity index (χ3n) is 2.81. The maximum absolute atomic E-state index is 11.7. The largest absolute Gasteiger partial charge is 0.368 e. The third kappa shape index (κ3) is 1.91. The van der Waals surface area contributed by atoms with Crippen LogP contribution in [0.15, 0.2) is 35.3 Å². The van der Waals surface area contributed by atoms with E-state index in [1.807, 2.05) is 6.07 Å². The summed E-state index contributed by atoms with van der Waals surface area (Å²) in [5.41, 5.74) is 6.49. The van der Waals surface area contributed by atoms with Crippen LogP contribution in [-0.4, -0.2) is 14.5 Å². The summed E-state index contributed by atoms with van der Waals surface area (Å²) in [7, 11) is 0. The van der Waals surface area contributed by atoms with Crippen LogP contribution in [0.5, 0.6) is 0 Å². The predicted octanol–water partition coefficient (Wildman–Crippen LogP) is 1.09. The molecule has 0 saturated heterocycles. The molecule has 2 aromatic rings. The standard InChI is InChI=1S/C12H12N4O/c13-12-14-9(8-4-5-8)7-10(15-12)16-6-2-1-3-11(16)17/h1-3,6-8H,4-5H2,(H2,13,14,15). The summed E-state index contributed by atoms with van der Waals surface area (Å²) in [6, 6.07) is 6.83. The van der Waals surface area contributed by atoms with Gasteiger partial charge < -0.3 is 5.73 Å². The SMILES string of the molecule is Nc1nc(C2CC2)cc(-n2ccccc2=O)n1. The van der Waals surface area contributed by atoms with Crippen LogP contribution in [0.2, 0.25) is 0 Å². The molecule has 2 heterocycles. The predicted molar refractivity (Wildman–Crippen MR) is 64.0 cm³/mol. The third-order valence-corrected chi connectivity index (χ3v) is 2.81. The van der Waals surface area contributed by atoms with Gasteiger partial charge in [0, 0.05) is 24.2 Å². The van der Waals surface area contributed by atoms with E-state index in [0.29, 0.717) is 11.7 Å². The molecule has 0 spiro atoms. The highest BCUT2D eigenvalue weighted by atomic mass is 16.1. The zero-order valence-corrected chi connectivity index (χ0v) is 9.21. The molecule has 3 rings (SSSR count). The lowest BCUT2D eigenvalue weighted by atomic mass is 10.3. The number of pyridine rings is 1. The van der Waals surface area contributed by atoms with E-state index in [9.17, 15) is 4.79 Å². The molecular weight excluding hydrogens is 216 g/mol. The lowest BCUT2D eigenvalue weighted by molar-refractivity contribution is 0.903. The topological polar surface area (TPSA) is 73.8 Å². The lowest BCUT2D eigenvalue weighted by Gasteiger charge is -2.06. The van der Waals surface area contributed by atoms with Crippen LogP contribution in [0.25, 0.3) is 5.82 Å². The molecule has 0 aromatic carbocycles. The van der Waals surface area contributed by atoms with Gasteiger partial charge >= 0.3 is 0 Å². The van der Waals surface area contributed by atoms with Crippen molar-refractivity contribution in [2.24, 2.45) is 0 Å². The second-order valence-electron chi connectivity index (χ2n) is 4.19. The first-order valence-electron chi connectivity index (χ1n) is 5.56. The quantitative estimate of drug-likeness (QED) is 0.834. The Morgan fingerprint density at radius 2 is 2.12 bits per heavy atom. The number of aromatic nitrogens is 3. The van der Waals surface area contributed by atoms with Gasteiger partial charge in [0.15, 0.2) is 0 Å². The maximum Gasteiger partial charge on any atom is 0.256 e. The van der Waals surface area contributed by atoms with Crippen molar-refractivity contribution >= 4 is 5.95 Å². The van der Waals surface area contributed by atoms with Crippen molar-refractivity contribution in [1.82, 2.24) is 14.5 Å². The highest BCUT2D eigenvalue weighted by Gasteiger charge is 2.26. The van der Waals surface area contributed by atoms with Gasteiger partial charge in [-0.25, -0.2) is 4.98 Å². The Labute approximate surface area is 97.9 Å². The summed E-state index contributed by atoms with van der Waals surface area (Å²) in [5, 5.41) is 0. The van der Waals surface area contributed by atoms with Crippen LogP contribution in [-0.2, 0) is 0 Å². The van der Waals surface area contributed by atoms with Gasteiger partial charge in [-0.1, -0.05) is 6.07 Å². The van der Waals surface area contributed by atoms with E-state index in [4.69, 9.17) is 5.73 Å². The second kappa shape index (κ2) is 3.69. The van der Waals surface area contributed by atoms with Crippen molar-refractivity contribution in [2.45, 2.75) is 18.8 Å². The number of hydrogen-bond acceptors (Lipinski definition) is 4. The molecule has 17 heavy (non-hydrogen) atoms. The Balaban J connectivity index is 2.14. The molecule has 1 aliphatic rings. The molecule has 0 amide bonds. The van der Waals surface area contributed by atoms with E-state index in [2.05, 4.69) is 9.97 Å². The Hall–Kier alpha value is -2.17. The second-order valence-corrected chi connectivity index (χ2v) is 4.19. The van der Waals surface area contributed by atoms with Crippen molar-refractivity contribution in [3.05, 3.63) is 46.5 Å². The van der Waals surface area contributed by atoms with E-state index >= 15 is 0 Å². The molecule has 0 radical (unpaired) electrons. The average Bonchev–Trinajstić information content (AvgIpc) is 3.12. The molecule has 1 fully saturated rings. The average molecular weight is 228 g/mol. The molecule has 2 N–H and O–H groups in total. The number of nitrogens with zero attached hydrogens (tertiary/aromatic N) is 3. The van der Waals surface area contributed by atoms with Crippen molar-refractivity contribution in [2.75, 3.05) is 5.73 Å². The first kappa shape index (κ1) is 10.0. The summed E-state index contributed by atoms with van der Waals surface area (Å²) in [5.74, 6) is 1.25. The number of anilines is 1. The first-order chi connectivity index (χ1) is 8.24. The smallest absolute Gasteiger partial charge is 0.256 e. The summed E-state index contributed by atoms with van der Waals surface area (Å²) >= 11 is 0. The van der Waals surface area contributed by atoms with E-state index in [1.165, 1.54) is 10.6 Å². The fraction of sp³-hybridized carbons (Fsp3) is 0.250. The van der Waals surface area contributed by atoms with Gasteiger partial charge in [0.05, 0.1) is 5.69 Å². The van der Waals surface area contributed by atoms with Crippen molar-refractivity contribution in [1.29, 1.82) is 0 Å². The number of hydrogen-bond donors (Lipinski definition) is 1. The monoisotopic (exact) mass is 228 g/mol. The molecule has 0 atom stereocenters. The van der Waals surface area contributed by atoms with Crippen molar-refractivity contribution in [3.63, 3.8) is 0 Å². The van der Waals surface area contributed by atoms with Gasteiger partial charge in [-0.2, -0.15) is 4.98 Å². The van der Waals surface area contributed by atoms with Crippen LogP contribution in [0.4, 0.5) is 5.95 Å². The Kier molecular flexibility index (Phi) is 2.18. The molecule has 1 saturated carbocycles. The Morgan fingerprint density at radius 3 is 2.82 bits per heavy atom. The Bertz CT molecular complexity index is 616. The minimum Gasteiger partial charge on any atom is -0.368 e. The van der Waals surface area contributed by atoms with Crippen LogP contribution in [0, 0.1) is 0 Å². The highest BCUT2D eigenvalue weighted by Crippen LogP contribution is 2.39. The molecule has 86 valence electrons. The van der Waals surface area contributed by atoms with E-state index in [-0.39, 0.29) is 11.5 Å². The minimum atomic E-state index is -0.118. The first-order valence-corrected chi connectivity index (χ1v) is 5.56. The summed E-state index contributed by atoms with van der Waals surface area (Å²) in [6.07, 6.45) is 3.96. The molecule has 5 heteroatoms. The van der Waals surface area contributed by atoms with E-state index < -0.39 is 0 Å². The van der Waals surface area contributed by atoms with Crippen LogP contribution in [0.3, 0.4) is 0 Å². The van der Waals surface area contributed by atoms with Crippen LogP contribution >= 0.6 is 0 Å². The normalized spacial score (nSPS) is 14.8. The highest BCUT2D eigenvalue weighted by molar-refractivity contribution is 5.34. The van der Waals surface area contributed by atoms with Gasteiger partial charge in [-0.15, -0.1) is 0 Å². The fourth-order valence-electron chi connectivity index (χ4n) is 1.80. The minimum absolute atomic E-state index is 0.118. The molecule has 2 aromatic heterocycles. The molecule has 5 nitrogen and oxygen atoms in total. The van der Waals surface area contributed by atoms with Gasteiger partial charge in [0.2, 0.25) is 5.95 Å². The van der Waals surface area contributed by atoms with Crippen LogP contribution in [0.1, 0.15) is 24.5 Å². The summed E-state index contributed by atoms with van der Waals surface area (Å²) in [4.78, 5) is 20.0. The summed E-state index contributed by atoms with van der Waals surface area (Å²) in [6.45, 7) is 0. The number of nitrogen functional groups attached to an aromatic ring is 1. The van der Waals surface area contributed by atoms with Gasteiger partial charge in [-0.3, -0.25) is 9.36 Å². The van der Waals surface area contributed by atoms with Gasteiger partial charge in [0.1, 0.15) is 5.82 Å². The fourth-order valence-corrected chi connectivity index (χ4v) is 1.80. The Morgan fingerprint density at radius 1 is 1.29 bits per heavy atom. The van der Waals surface area contributed by atoms with Gasteiger partial charge in [-0.05, 0) is 18.9 Å². The van der Waals surface area contributed by atoms with E-state index in [0.717, 1.165) is 18.5 Å². The van der Waals surface area contributed by atoms with Gasteiger partial charge in [0.25, 0.3) is 5.56 Å². The van der Waals surface area contributed by atoms with Crippen molar-refractivity contribution in [3.8, 4) is 5.82 Å². The zero-order valence-electron chi connectivity index (χ0n) is 9.21. The molecule has 1 aliphatic carbocycles. The molecule has 0 unspecified atom stereocenters. The van der Waals surface area contributed by atoms with Crippen molar-refractivity contribution < 1.29 is 0 Å². The lowest BCUT2D eigenvalue weighted by Crippen LogP contribution is -2.18. The molecular formula is C12H12N4O. The summed E-state index contributed by atoms with van der Waals surface area (Å²) < 4.78 is 1.48.